The lowest BCUT2D eigenvalue weighted by Gasteiger charge is -2.23. The molecule has 4 atom stereocenters. The fourth-order valence-electron chi connectivity index (χ4n) is 4.79. The number of carbonyl (C=O) groups is 1. The molecule has 184 valence electrons. The standard InChI is InChI=1S/C20H20F5N5O3S/c1-34(26,33)13-7-11(4-5-30(13)32)27-18(31)17-15(20(23,24)25)16(9-2-3-9)28-29(17)8-10-6-12-14(10)19(12,21)22/h4-5,7,9-10,12,14,26,32H,2-3,6,8H2,1H3. The van der Waals surface area contributed by atoms with E-state index in [0.29, 0.717) is 17.6 Å². The highest BCUT2D eigenvalue weighted by atomic mass is 32.2. The Morgan fingerprint density at radius 1 is 1.38 bits per heavy atom. The fourth-order valence-corrected chi connectivity index (χ4v) is 5.56. The van der Waals surface area contributed by atoms with Crippen LogP contribution in [-0.4, -0.2) is 42.0 Å². The summed E-state index contributed by atoms with van der Waals surface area (Å²) in [5.41, 5.74) is -2.32. The number of pyridine rings is 1. The van der Waals surface area contributed by atoms with Gasteiger partial charge in [-0.05, 0) is 31.2 Å². The van der Waals surface area contributed by atoms with Gasteiger partial charge in [0.15, 0.2) is 5.03 Å². The number of hydrogen-bond donors (Lipinski definition) is 2. The maximum atomic E-state index is 14.1. The van der Waals surface area contributed by atoms with Gasteiger partial charge in [-0.25, -0.2) is 22.8 Å². The lowest BCUT2D eigenvalue weighted by atomic mass is 9.85. The van der Waals surface area contributed by atoms with Gasteiger partial charge in [0.25, 0.3) is 11.8 Å². The van der Waals surface area contributed by atoms with Gasteiger partial charge in [-0.15, -0.1) is 0 Å². The van der Waals surface area contributed by atoms with E-state index in [2.05, 4.69) is 10.1 Å². The second-order valence-corrected chi connectivity index (χ2v) is 11.3. The third-order valence-corrected chi connectivity index (χ3v) is 7.78. The zero-order valence-electron chi connectivity index (χ0n) is 17.7. The lowest BCUT2D eigenvalue weighted by Crippen LogP contribution is -2.26. The van der Waals surface area contributed by atoms with Gasteiger partial charge in [0.1, 0.15) is 11.3 Å². The molecule has 3 aliphatic carbocycles. The Balaban J connectivity index is 1.59. The van der Waals surface area contributed by atoms with E-state index in [4.69, 9.17) is 4.78 Å². The number of rotatable bonds is 5. The number of halogens is 5. The van der Waals surface area contributed by atoms with Crippen LogP contribution in [0.15, 0.2) is 28.3 Å². The van der Waals surface area contributed by atoms with Crippen LogP contribution in [0.2, 0.25) is 0 Å². The number of carbonyl (C=O) groups excluding carboxylic acids is 1. The summed E-state index contributed by atoms with van der Waals surface area (Å²) in [7, 11) is -3.45. The van der Waals surface area contributed by atoms with Crippen LogP contribution in [-0.2, 0) is 22.5 Å². The van der Waals surface area contributed by atoms with E-state index in [-0.39, 0.29) is 24.0 Å². The van der Waals surface area contributed by atoms with Crippen LogP contribution in [0.3, 0.4) is 0 Å². The molecule has 1 amide bonds. The van der Waals surface area contributed by atoms with Crippen molar-refractivity contribution in [2.45, 2.75) is 48.8 Å². The summed E-state index contributed by atoms with van der Waals surface area (Å²) in [5.74, 6) is -6.86. The number of nitrogens with zero attached hydrogens (tertiary/aromatic N) is 4. The molecule has 0 spiro atoms. The first kappa shape index (κ1) is 23.0. The highest BCUT2D eigenvalue weighted by Gasteiger charge is 2.77. The Labute approximate surface area is 190 Å². The average molecular weight is 505 g/mol. The molecule has 4 unspecified atom stereocenters. The van der Waals surface area contributed by atoms with E-state index in [9.17, 15) is 36.2 Å². The minimum absolute atomic E-state index is 0.148. The molecule has 14 heteroatoms. The van der Waals surface area contributed by atoms with Crippen LogP contribution in [0.25, 0.3) is 0 Å². The summed E-state index contributed by atoms with van der Waals surface area (Å²) in [6.07, 6.45) is -1.85. The second kappa shape index (κ2) is 7.12. The molecule has 2 heterocycles. The quantitative estimate of drug-likeness (QED) is 0.478. The van der Waals surface area contributed by atoms with Crippen molar-refractivity contribution in [2.24, 2.45) is 22.7 Å². The Kier molecular flexibility index (Phi) is 4.82. The molecule has 5 rings (SSSR count). The molecule has 2 aromatic heterocycles. The minimum Gasteiger partial charge on any atom is -0.428 e. The number of aromatic nitrogens is 3. The van der Waals surface area contributed by atoms with E-state index in [0.717, 1.165) is 29.3 Å². The summed E-state index contributed by atoms with van der Waals surface area (Å²) in [6, 6.07) is 2.06. The molecule has 0 aliphatic heterocycles. The smallest absolute Gasteiger partial charge is 0.420 e. The summed E-state index contributed by atoms with van der Waals surface area (Å²) >= 11 is 0. The molecule has 3 aliphatic rings. The largest absolute Gasteiger partial charge is 0.428 e. The van der Waals surface area contributed by atoms with Crippen molar-refractivity contribution in [2.75, 3.05) is 6.26 Å². The number of alkyl halides is 5. The molecular formula is C20H20F5N5O3S. The molecule has 3 saturated carbocycles. The Bertz CT molecular complexity index is 1370. The molecule has 2 aromatic rings. The van der Waals surface area contributed by atoms with Crippen LogP contribution >= 0.6 is 0 Å². The van der Waals surface area contributed by atoms with Crippen molar-refractivity contribution in [3.05, 3.63) is 40.6 Å². The van der Waals surface area contributed by atoms with Crippen molar-refractivity contribution in [3.8, 4) is 0 Å². The number of hydrogen-bond acceptors (Lipinski definition) is 5. The molecular weight excluding hydrogens is 485 g/mol. The predicted molar refractivity (Wildman–Crippen MR) is 106 cm³/mol. The van der Waals surface area contributed by atoms with Gasteiger partial charge in [0.2, 0.25) is 0 Å². The molecule has 0 aromatic carbocycles. The van der Waals surface area contributed by atoms with Gasteiger partial charge in [-0.3, -0.25) is 9.48 Å². The van der Waals surface area contributed by atoms with E-state index in [1.807, 2.05) is 0 Å². The van der Waals surface area contributed by atoms with Crippen molar-refractivity contribution < 1.29 is 36.2 Å². The maximum Gasteiger partial charge on any atom is 0.420 e. The number of nitrogens with one attached hydrogen (secondary N) is 1. The Morgan fingerprint density at radius 2 is 2.06 bits per heavy atom. The van der Waals surface area contributed by atoms with Crippen LogP contribution in [0, 0.1) is 22.5 Å². The minimum atomic E-state index is -4.92. The molecule has 0 radical (unpaired) electrons. The average Bonchev–Trinajstić information content (AvgIpc) is 3.53. The van der Waals surface area contributed by atoms with Gasteiger partial charge in [-0.2, -0.15) is 23.0 Å². The fraction of sp³-hybridized carbons (Fsp3) is 0.550. The zero-order chi connectivity index (χ0) is 24.8. The van der Waals surface area contributed by atoms with Crippen LogP contribution in [0.1, 0.15) is 46.9 Å². The lowest BCUT2D eigenvalue weighted by molar-refractivity contribution is -0.138. The van der Waals surface area contributed by atoms with Gasteiger partial charge in [-0.1, -0.05) is 0 Å². The van der Waals surface area contributed by atoms with Crippen LogP contribution in [0.4, 0.5) is 22.0 Å². The number of amides is 1. The SMILES string of the molecule is CS(=N)(=O)c1cc(=NC(=O)c2c(C(F)(F)F)c(C3CC3)nn2CC2CC3C2C3(F)F)ccn1O. The second-order valence-electron chi connectivity index (χ2n) is 9.19. The topological polar surface area (TPSA) is 113 Å². The normalized spacial score (nSPS) is 27.6. The predicted octanol–water partition coefficient (Wildman–Crippen LogP) is 3.50. The summed E-state index contributed by atoms with van der Waals surface area (Å²) in [4.78, 5) is 16.7. The summed E-state index contributed by atoms with van der Waals surface area (Å²) in [5, 5.41) is 13.2. The molecule has 3 fully saturated rings. The summed E-state index contributed by atoms with van der Waals surface area (Å²) < 4.78 is 90.5. The van der Waals surface area contributed by atoms with Crippen molar-refractivity contribution >= 4 is 15.6 Å². The van der Waals surface area contributed by atoms with Crippen LogP contribution in [0.5, 0.6) is 0 Å². The van der Waals surface area contributed by atoms with Gasteiger partial charge >= 0.3 is 6.18 Å². The first-order valence-electron chi connectivity index (χ1n) is 10.5. The van der Waals surface area contributed by atoms with Gasteiger partial charge in [0, 0.05) is 42.8 Å². The highest BCUT2D eigenvalue weighted by molar-refractivity contribution is 7.91. The van der Waals surface area contributed by atoms with Crippen molar-refractivity contribution in [1.29, 1.82) is 4.78 Å². The van der Waals surface area contributed by atoms with Gasteiger partial charge in [0.05, 0.1) is 20.8 Å². The van der Waals surface area contributed by atoms with Crippen molar-refractivity contribution in [1.82, 2.24) is 14.5 Å². The first-order valence-corrected chi connectivity index (χ1v) is 12.5. The van der Waals surface area contributed by atoms with E-state index < -0.39 is 67.7 Å². The molecule has 0 saturated heterocycles. The Hall–Kier alpha value is -2.77. The molecule has 0 bridgehead atoms. The third kappa shape index (κ3) is 3.71. The molecule has 34 heavy (non-hydrogen) atoms. The zero-order valence-corrected chi connectivity index (χ0v) is 18.5. The Morgan fingerprint density at radius 3 is 2.56 bits per heavy atom. The summed E-state index contributed by atoms with van der Waals surface area (Å²) in [6.45, 7) is -0.255. The monoisotopic (exact) mass is 505 g/mol. The van der Waals surface area contributed by atoms with Gasteiger partial charge < -0.3 is 5.21 Å². The molecule has 2 N–H and O–H groups in total. The number of fused-ring (bicyclic) bond motifs is 1. The van der Waals surface area contributed by atoms with E-state index in [1.165, 1.54) is 0 Å². The highest BCUT2D eigenvalue weighted by Crippen LogP contribution is 2.70. The van der Waals surface area contributed by atoms with Crippen LogP contribution < -0.4 is 5.36 Å². The maximum absolute atomic E-state index is 14.1. The first-order chi connectivity index (χ1) is 15.7. The molecule has 8 nitrogen and oxygen atoms in total. The van der Waals surface area contributed by atoms with Crippen molar-refractivity contribution in [3.63, 3.8) is 0 Å². The third-order valence-electron chi connectivity index (χ3n) is 6.68. The van der Waals surface area contributed by atoms with E-state index >= 15 is 0 Å². The van der Waals surface area contributed by atoms with E-state index in [1.54, 1.807) is 0 Å².